The summed E-state index contributed by atoms with van der Waals surface area (Å²) >= 11 is 0. The summed E-state index contributed by atoms with van der Waals surface area (Å²) in [4.78, 5) is 23.6. The van der Waals surface area contributed by atoms with E-state index in [-0.39, 0.29) is 0 Å². The summed E-state index contributed by atoms with van der Waals surface area (Å²) in [6.07, 6.45) is 0. The molecule has 154 valence electrons. The molecule has 1 fully saturated rings. The lowest BCUT2D eigenvalue weighted by molar-refractivity contribution is 0.100. The minimum absolute atomic E-state index is 0.314. The van der Waals surface area contributed by atoms with Crippen molar-refractivity contribution in [3.05, 3.63) is 59.5 Å². The van der Waals surface area contributed by atoms with E-state index >= 15 is 0 Å². The molecule has 1 amide bonds. The summed E-state index contributed by atoms with van der Waals surface area (Å²) in [5.74, 6) is 0.166. The lowest BCUT2D eigenvalue weighted by Gasteiger charge is -2.29. The Morgan fingerprint density at radius 2 is 1.94 bits per heavy atom. The fraction of sp³-hybridized carbons (Fsp3) is 0.217. The number of amides is 1. The molecule has 3 heterocycles. The zero-order chi connectivity index (χ0) is 21.5. The van der Waals surface area contributed by atoms with Gasteiger partial charge in [-0.25, -0.2) is 9.97 Å². The Morgan fingerprint density at radius 1 is 1.16 bits per heavy atom. The number of aryl methyl sites for hydroxylation is 1. The number of nitrogens with zero attached hydrogens (tertiary/aromatic N) is 5. The number of para-hydroxylation sites is 1. The molecule has 0 atom stereocenters. The molecule has 0 spiro atoms. The van der Waals surface area contributed by atoms with Gasteiger partial charge in [0.2, 0.25) is 0 Å². The fourth-order valence-electron chi connectivity index (χ4n) is 4.17. The Hall–Kier alpha value is -3.96. The van der Waals surface area contributed by atoms with Crippen molar-refractivity contribution in [1.29, 1.82) is 5.26 Å². The van der Waals surface area contributed by atoms with Gasteiger partial charge < -0.3 is 15.4 Å². The number of nitrogens with two attached hydrogens (primary N) is 1. The van der Waals surface area contributed by atoms with E-state index in [1.807, 2.05) is 41.8 Å². The molecule has 1 aliphatic heterocycles. The number of aromatic nitrogens is 3. The van der Waals surface area contributed by atoms with Crippen molar-refractivity contribution in [2.75, 3.05) is 31.2 Å². The second kappa shape index (κ2) is 7.38. The molecular weight excluding hydrogens is 392 g/mol. The normalized spacial score (nSPS) is 14.1. The molecule has 0 aliphatic carbocycles. The number of imidazole rings is 1. The first-order valence-corrected chi connectivity index (χ1v) is 10.0. The van der Waals surface area contributed by atoms with E-state index in [0.29, 0.717) is 35.8 Å². The van der Waals surface area contributed by atoms with Crippen LogP contribution in [0.1, 0.15) is 21.9 Å². The first-order chi connectivity index (χ1) is 15.1. The summed E-state index contributed by atoms with van der Waals surface area (Å²) in [6, 6.07) is 15.4. The molecule has 2 aromatic carbocycles. The predicted molar refractivity (Wildman–Crippen MR) is 117 cm³/mol. The van der Waals surface area contributed by atoms with Gasteiger partial charge in [0.05, 0.1) is 35.5 Å². The van der Waals surface area contributed by atoms with E-state index in [1.54, 1.807) is 12.1 Å². The summed E-state index contributed by atoms with van der Waals surface area (Å²) in [5, 5.41) is 10.4. The smallest absolute Gasteiger partial charge is 0.251 e. The molecule has 1 saturated heterocycles. The van der Waals surface area contributed by atoms with Crippen LogP contribution in [0.3, 0.4) is 0 Å². The van der Waals surface area contributed by atoms with Crippen molar-refractivity contribution in [2.45, 2.75) is 6.92 Å². The SMILES string of the molecule is Cc1nc2c(C(N)=O)cc(N3CCOCC3)cc2n1-c1cc(C#N)nc2ccccc12. The summed E-state index contributed by atoms with van der Waals surface area (Å²) < 4.78 is 7.44. The van der Waals surface area contributed by atoms with Crippen molar-refractivity contribution in [1.82, 2.24) is 14.5 Å². The van der Waals surface area contributed by atoms with Crippen molar-refractivity contribution in [2.24, 2.45) is 5.73 Å². The topological polar surface area (TPSA) is 110 Å². The number of pyridine rings is 1. The van der Waals surface area contributed by atoms with Gasteiger partial charge in [-0.1, -0.05) is 18.2 Å². The third-order valence-corrected chi connectivity index (χ3v) is 5.60. The molecule has 2 N–H and O–H groups in total. The van der Waals surface area contributed by atoms with Gasteiger partial charge in [-0.3, -0.25) is 9.36 Å². The van der Waals surface area contributed by atoms with Crippen LogP contribution in [0, 0.1) is 18.3 Å². The monoisotopic (exact) mass is 412 g/mol. The van der Waals surface area contributed by atoms with E-state index < -0.39 is 5.91 Å². The molecule has 2 aromatic heterocycles. The van der Waals surface area contributed by atoms with Gasteiger partial charge in [-0.15, -0.1) is 0 Å². The number of anilines is 1. The van der Waals surface area contributed by atoms with Gasteiger partial charge >= 0.3 is 0 Å². The quantitative estimate of drug-likeness (QED) is 0.554. The van der Waals surface area contributed by atoms with Crippen LogP contribution in [0.4, 0.5) is 5.69 Å². The lowest BCUT2D eigenvalue weighted by atomic mass is 10.1. The van der Waals surface area contributed by atoms with Crippen LogP contribution in [-0.4, -0.2) is 46.7 Å². The summed E-state index contributed by atoms with van der Waals surface area (Å²) in [5.41, 5.74) is 10.1. The number of benzene rings is 2. The Kier molecular flexibility index (Phi) is 4.53. The molecule has 8 heteroatoms. The molecule has 0 radical (unpaired) electrons. The number of morpholine rings is 1. The summed E-state index contributed by atoms with van der Waals surface area (Å²) in [6.45, 7) is 4.59. The Morgan fingerprint density at radius 3 is 2.68 bits per heavy atom. The van der Waals surface area contributed by atoms with Gasteiger partial charge in [-0.2, -0.15) is 5.26 Å². The molecule has 0 bridgehead atoms. The van der Waals surface area contributed by atoms with Crippen LogP contribution in [0.25, 0.3) is 27.6 Å². The Balaban J connectivity index is 1.84. The second-order valence-electron chi connectivity index (χ2n) is 7.47. The largest absolute Gasteiger partial charge is 0.378 e. The third kappa shape index (κ3) is 3.16. The van der Waals surface area contributed by atoms with Gasteiger partial charge in [0.1, 0.15) is 23.1 Å². The van der Waals surface area contributed by atoms with Crippen LogP contribution in [-0.2, 0) is 4.74 Å². The highest BCUT2D eigenvalue weighted by atomic mass is 16.5. The Labute approximate surface area is 178 Å². The number of ether oxygens (including phenoxy) is 1. The lowest BCUT2D eigenvalue weighted by Crippen LogP contribution is -2.36. The maximum Gasteiger partial charge on any atom is 0.251 e. The van der Waals surface area contributed by atoms with Crippen LogP contribution in [0.2, 0.25) is 0 Å². The highest BCUT2D eigenvalue weighted by molar-refractivity contribution is 6.06. The van der Waals surface area contributed by atoms with Crippen molar-refractivity contribution in [3.8, 4) is 11.8 Å². The van der Waals surface area contributed by atoms with Crippen molar-refractivity contribution >= 4 is 33.5 Å². The van der Waals surface area contributed by atoms with Gasteiger partial charge in [-0.05, 0) is 31.2 Å². The molecule has 31 heavy (non-hydrogen) atoms. The maximum atomic E-state index is 12.3. The second-order valence-corrected chi connectivity index (χ2v) is 7.47. The molecule has 0 saturated carbocycles. The zero-order valence-electron chi connectivity index (χ0n) is 17.0. The average Bonchev–Trinajstić information content (AvgIpc) is 3.13. The predicted octanol–water partition coefficient (Wildman–Crippen LogP) is 2.69. The van der Waals surface area contributed by atoms with Crippen molar-refractivity contribution < 1.29 is 9.53 Å². The van der Waals surface area contributed by atoms with Gasteiger partial charge in [0.15, 0.2) is 0 Å². The number of hydrogen-bond donors (Lipinski definition) is 1. The number of carbonyl (C=O) groups excluding carboxylic acids is 1. The number of hydrogen-bond acceptors (Lipinski definition) is 6. The fourth-order valence-corrected chi connectivity index (χ4v) is 4.17. The van der Waals surface area contributed by atoms with Crippen molar-refractivity contribution in [3.63, 3.8) is 0 Å². The molecule has 0 unspecified atom stereocenters. The highest BCUT2D eigenvalue weighted by Crippen LogP contribution is 2.32. The molecule has 4 aromatic rings. The molecule has 8 nitrogen and oxygen atoms in total. The number of primary amides is 1. The van der Waals surface area contributed by atoms with Gasteiger partial charge in [0.25, 0.3) is 5.91 Å². The van der Waals surface area contributed by atoms with Crippen LogP contribution in [0.15, 0.2) is 42.5 Å². The van der Waals surface area contributed by atoms with E-state index in [9.17, 15) is 10.1 Å². The number of fused-ring (bicyclic) bond motifs is 2. The molecule has 1 aliphatic rings. The van der Waals surface area contributed by atoms with E-state index in [4.69, 9.17) is 10.5 Å². The maximum absolute atomic E-state index is 12.3. The first-order valence-electron chi connectivity index (χ1n) is 10.0. The van der Waals surface area contributed by atoms with E-state index in [0.717, 1.165) is 40.9 Å². The minimum atomic E-state index is -0.526. The van der Waals surface area contributed by atoms with Crippen LogP contribution < -0.4 is 10.6 Å². The van der Waals surface area contributed by atoms with Crippen LogP contribution in [0.5, 0.6) is 0 Å². The molecule has 5 rings (SSSR count). The first kappa shape index (κ1) is 19.0. The number of carbonyl (C=O) groups is 1. The van der Waals surface area contributed by atoms with E-state index in [2.05, 4.69) is 20.9 Å². The average molecular weight is 412 g/mol. The Bertz CT molecular complexity index is 1380. The van der Waals surface area contributed by atoms with E-state index in [1.165, 1.54) is 0 Å². The number of nitriles is 1. The standard InChI is InChI=1S/C23H20N6O2/c1-14-26-22-18(23(25)30)11-16(28-6-8-31-9-7-28)12-21(22)29(14)20-10-15(13-24)27-19-5-3-2-4-17(19)20/h2-5,10-12H,6-9H2,1H3,(H2,25,30). The third-order valence-electron chi connectivity index (χ3n) is 5.60. The number of rotatable bonds is 3. The van der Waals surface area contributed by atoms with Gasteiger partial charge in [0, 0.05) is 24.2 Å². The summed E-state index contributed by atoms with van der Waals surface area (Å²) in [7, 11) is 0. The molecular formula is C23H20N6O2. The van der Waals surface area contributed by atoms with Crippen LogP contribution >= 0.6 is 0 Å². The minimum Gasteiger partial charge on any atom is -0.378 e. The highest BCUT2D eigenvalue weighted by Gasteiger charge is 2.21. The zero-order valence-corrected chi connectivity index (χ0v) is 17.0.